The Labute approximate surface area is 197 Å². The topological polar surface area (TPSA) is 157 Å². The lowest BCUT2D eigenvalue weighted by atomic mass is 9.95. The fourth-order valence-corrected chi connectivity index (χ4v) is 4.55. The lowest BCUT2D eigenvalue weighted by Crippen LogP contribution is -2.53. The molecule has 2 aromatic rings. The Morgan fingerprint density at radius 2 is 1.97 bits per heavy atom. The number of sulfonamides is 1. The summed E-state index contributed by atoms with van der Waals surface area (Å²) in [4.78, 5) is 34.8. The van der Waals surface area contributed by atoms with E-state index in [1.165, 1.54) is 12.4 Å². The maximum Gasteiger partial charge on any atom is 0.321 e. The van der Waals surface area contributed by atoms with Crippen LogP contribution < -0.4 is 20.3 Å². The van der Waals surface area contributed by atoms with Crippen LogP contribution in [0.1, 0.15) is 36.9 Å². The van der Waals surface area contributed by atoms with Crippen molar-refractivity contribution in [3.8, 4) is 6.07 Å². The van der Waals surface area contributed by atoms with Crippen LogP contribution in [0.3, 0.4) is 0 Å². The third-order valence-corrected chi connectivity index (χ3v) is 6.74. The zero-order chi connectivity index (χ0) is 24.3. The Bertz CT molecular complexity index is 1220. The third-order valence-electron chi connectivity index (χ3n) is 6.07. The van der Waals surface area contributed by atoms with Crippen molar-refractivity contribution in [2.24, 2.45) is 0 Å². The number of carbonyl (C=O) groups is 2. The highest BCUT2D eigenvalue weighted by molar-refractivity contribution is 7.88. The fourth-order valence-electron chi connectivity index (χ4n) is 4.01. The second-order valence-corrected chi connectivity index (χ2v) is 10.4. The molecule has 2 fully saturated rings. The van der Waals surface area contributed by atoms with Crippen molar-refractivity contribution in [3.63, 3.8) is 0 Å². The normalized spacial score (nSPS) is 19.2. The molecule has 2 aliphatic rings. The number of nitrogens with zero attached hydrogens (tertiary/aromatic N) is 4. The molecule has 1 atom stereocenters. The number of anilines is 2. The van der Waals surface area contributed by atoms with Gasteiger partial charge in [-0.15, -0.1) is 0 Å². The fraction of sp³-hybridized carbons (Fsp3) is 0.409. The average Bonchev–Trinajstić information content (AvgIpc) is 3.61. The molecule has 0 unspecified atom stereocenters. The van der Waals surface area contributed by atoms with E-state index in [0.717, 1.165) is 36.8 Å². The van der Waals surface area contributed by atoms with Crippen LogP contribution in [-0.4, -0.2) is 55.7 Å². The summed E-state index contributed by atoms with van der Waals surface area (Å²) in [5, 5.41) is 14.0. The molecule has 1 aliphatic heterocycles. The highest BCUT2D eigenvalue weighted by Crippen LogP contribution is 2.48. The maximum absolute atomic E-state index is 13.0. The highest BCUT2D eigenvalue weighted by atomic mass is 32.2. The summed E-state index contributed by atoms with van der Waals surface area (Å²) in [5.41, 5.74) is 1.71. The summed E-state index contributed by atoms with van der Waals surface area (Å²) in [6.45, 7) is 0.901. The van der Waals surface area contributed by atoms with Gasteiger partial charge in [0.2, 0.25) is 15.9 Å². The van der Waals surface area contributed by atoms with Crippen molar-refractivity contribution < 1.29 is 18.0 Å². The van der Waals surface area contributed by atoms with Crippen molar-refractivity contribution >= 4 is 33.5 Å². The number of carbonyl (C=O) groups excluding carboxylic acids is 2. The number of nitriles is 1. The van der Waals surface area contributed by atoms with Crippen molar-refractivity contribution in [2.75, 3.05) is 29.6 Å². The molecule has 0 spiro atoms. The monoisotopic (exact) mass is 483 g/mol. The van der Waals surface area contributed by atoms with Crippen LogP contribution >= 0.6 is 0 Å². The van der Waals surface area contributed by atoms with Gasteiger partial charge in [-0.3, -0.25) is 10.1 Å². The number of aromatic nitrogens is 2. The molecule has 1 saturated carbocycles. The largest absolute Gasteiger partial charge is 0.326 e. The van der Waals surface area contributed by atoms with E-state index in [9.17, 15) is 18.0 Å². The van der Waals surface area contributed by atoms with E-state index in [1.54, 1.807) is 4.90 Å². The lowest BCUT2D eigenvalue weighted by Gasteiger charge is -2.33. The minimum absolute atomic E-state index is 0.134. The van der Waals surface area contributed by atoms with Crippen LogP contribution in [0.5, 0.6) is 0 Å². The van der Waals surface area contributed by atoms with Gasteiger partial charge in [-0.2, -0.15) is 5.26 Å². The standard InChI is InChI=1S/C22H25N7O4S/c1-34(32,33)26-14-22(8-9-22)15-4-6-17(7-5-15)29-10-2-3-18(20(29)30)27-21(31)28-19-13-24-16(11-23)12-25-19/h4-7,12-13,18,26H,2-3,8-10,14H2,1H3,(H2,25,27,28,31)/t18-/m1/s1. The van der Waals surface area contributed by atoms with E-state index in [1.807, 2.05) is 30.3 Å². The number of hydrogen-bond donors (Lipinski definition) is 3. The molecule has 12 heteroatoms. The van der Waals surface area contributed by atoms with Crippen molar-refractivity contribution in [1.29, 1.82) is 5.26 Å². The summed E-state index contributed by atoms with van der Waals surface area (Å²) in [6, 6.07) is 8.18. The molecule has 1 saturated heterocycles. The summed E-state index contributed by atoms with van der Waals surface area (Å²) >= 11 is 0. The predicted octanol–water partition coefficient (Wildman–Crippen LogP) is 1.25. The molecule has 3 N–H and O–H groups in total. The van der Waals surface area contributed by atoms with Gasteiger partial charge in [0.1, 0.15) is 12.1 Å². The van der Waals surface area contributed by atoms with Crippen molar-refractivity contribution in [3.05, 3.63) is 47.9 Å². The molecule has 34 heavy (non-hydrogen) atoms. The Morgan fingerprint density at radius 1 is 1.24 bits per heavy atom. The predicted molar refractivity (Wildman–Crippen MR) is 124 cm³/mol. The molecule has 1 aromatic heterocycles. The summed E-state index contributed by atoms with van der Waals surface area (Å²) in [6.07, 6.45) is 6.71. The minimum Gasteiger partial charge on any atom is -0.326 e. The van der Waals surface area contributed by atoms with Crippen LogP contribution in [0.4, 0.5) is 16.3 Å². The molecule has 1 aliphatic carbocycles. The number of hydrogen-bond acceptors (Lipinski definition) is 7. The van der Waals surface area contributed by atoms with Gasteiger partial charge in [0, 0.05) is 24.2 Å². The van der Waals surface area contributed by atoms with Gasteiger partial charge >= 0.3 is 6.03 Å². The average molecular weight is 484 g/mol. The highest BCUT2D eigenvalue weighted by Gasteiger charge is 2.44. The minimum atomic E-state index is -3.26. The van der Waals surface area contributed by atoms with E-state index in [2.05, 4.69) is 25.3 Å². The molecule has 4 rings (SSSR count). The summed E-state index contributed by atoms with van der Waals surface area (Å²) in [5.74, 6) is -0.0356. The number of benzene rings is 1. The molecule has 178 valence electrons. The van der Waals surface area contributed by atoms with Crippen molar-refractivity contribution in [2.45, 2.75) is 37.1 Å². The van der Waals surface area contributed by atoms with Gasteiger partial charge in [0.25, 0.3) is 0 Å². The van der Waals surface area contributed by atoms with Crippen LogP contribution in [0.25, 0.3) is 0 Å². The van der Waals surface area contributed by atoms with Crippen LogP contribution in [0, 0.1) is 11.3 Å². The lowest BCUT2D eigenvalue weighted by molar-refractivity contribution is -0.121. The molecule has 1 aromatic carbocycles. The smallest absolute Gasteiger partial charge is 0.321 e. The quantitative estimate of drug-likeness (QED) is 0.535. The Balaban J connectivity index is 1.38. The number of urea groups is 1. The Hall–Kier alpha value is -3.56. The van der Waals surface area contributed by atoms with Gasteiger partial charge in [-0.1, -0.05) is 12.1 Å². The molecule has 3 amide bonds. The zero-order valence-corrected chi connectivity index (χ0v) is 19.4. The van der Waals surface area contributed by atoms with Gasteiger partial charge in [0.15, 0.2) is 11.5 Å². The van der Waals surface area contributed by atoms with Gasteiger partial charge in [-0.25, -0.2) is 27.9 Å². The van der Waals surface area contributed by atoms with E-state index in [-0.39, 0.29) is 22.8 Å². The Morgan fingerprint density at radius 3 is 2.56 bits per heavy atom. The first-order valence-electron chi connectivity index (χ1n) is 10.9. The SMILES string of the molecule is CS(=O)(=O)NCC1(c2ccc(N3CCC[C@@H](NC(=O)Nc4cnc(C#N)cn4)C3=O)cc2)CC1. The summed E-state index contributed by atoms with van der Waals surface area (Å²) in [7, 11) is -3.26. The summed E-state index contributed by atoms with van der Waals surface area (Å²) < 4.78 is 25.5. The first kappa shape index (κ1) is 23.6. The first-order valence-corrected chi connectivity index (χ1v) is 12.7. The number of nitrogens with one attached hydrogen (secondary N) is 3. The third kappa shape index (κ3) is 5.49. The first-order chi connectivity index (χ1) is 16.2. The number of rotatable bonds is 7. The second-order valence-electron chi connectivity index (χ2n) is 8.60. The van der Waals surface area contributed by atoms with Gasteiger partial charge in [0.05, 0.1) is 18.6 Å². The van der Waals surface area contributed by atoms with Crippen LogP contribution in [0.15, 0.2) is 36.7 Å². The van der Waals surface area contributed by atoms with E-state index in [0.29, 0.717) is 19.5 Å². The molecule has 0 bridgehead atoms. The number of piperidine rings is 1. The molecule has 11 nitrogen and oxygen atoms in total. The maximum atomic E-state index is 13.0. The zero-order valence-electron chi connectivity index (χ0n) is 18.6. The van der Waals surface area contributed by atoms with E-state index >= 15 is 0 Å². The van der Waals surface area contributed by atoms with E-state index in [4.69, 9.17) is 5.26 Å². The van der Waals surface area contributed by atoms with Gasteiger partial charge in [-0.05, 0) is 43.4 Å². The van der Waals surface area contributed by atoms with Crippen LogP contribution in [0.2, 0.25) is 0 Å². The van der Waals surface area contributed by atoms with Gasteiger partial charge < -0.3 is 10.2 Å². The van der Waals surface area contributed by atoms with Crippen molar-refractivity contribution in [1.82, 2.24) is 20.0 Å². The Kier molecular flexibility index (Phi) is 6.49. The molecular weight excluding hydrogens is 458 g/mol. The number of amides is 3. The second kappa shape index (κ2) is 9.36. The molecule has 2 heterocycles. The van der Waals surface area contributed by atoms with E-state index < -0.39 is 22.1 Å². The molecular formula is C22H25N7O4S. The molecule has 0 radical (unpaired) electrons. The van der Waals surface area contributed by atoms with Crippen LogP contribution in [-0.2, 0) is 20.2 Å².